The molecule has 1 aromatic heterocycles. The number of aromatic amines is 1. The van der Waals surface area contributed by atoms with Gasteiger partial charge in [-0.15, -0.1) is 0 Å². The molecule has 0 fully saturated rings. The number of aromatic nitrogens is 2. The first-order chi connectivity index (χ1) is 9.47. The van der Waals surface area contributed by atoms with Crippen LogP contribution < -0.4 is 10.3 Å². The minimum absolute atomic E-state index is 0.0152. The molecular weight excluding hydrogens is 324 g/mol. The average molecular weight is 339 g/mol. The van der Waals surface area contributed by atoms with Gasteiger partial charge in [-0.05, 0) is 41.4 Å². The lowest BCUT2D eigenvalue weighted by molar-refractivity contribution is 0.372. The van der Waals surface area contributed by atoms with Crippen LogP contribution in [0, 0.1) is 6.92 Å². The van der Waals surface area contributed by atoms with Crippen molar-refractivity contribution in [3.63, 3.8) is 0 Å². The zero-order chi connectivity index (χ0) is 14.9. The largest absolute Gasteiger partial charge is 0.503 e. The van der Waals surface area contributed by atoms with E-state index in [1.165, 1.54) is 7.11 Å². The van der Waals surface area contributed by atoms with Gasteiger partial charge >= 0.3 is 0 Å². The van der Waals surface area contributed by atoms with Gasteiger partial charge in [-0.2, -0.15) is 0 Å². The van der Waals surface area contributed by atoms with Crippen molar-refractivity contribution in [2.45, 2.75) is 20.3 Å². The van der Waals surface area contributed by atoms with Crippen molar-refractivity contribution in [1.29, 1.82) is 0 Å². The molecule has 0 aliphatic heterocycles. The molecule has 0 amide bonds. The van der Waals surface area contributed by atoms with E-state index in [1.807, 2.05) is 6.92 Å². The van der Waals surface area contributed by atoms with Crippen molar-refractivity contribution >= 4 is 15.9 Å². The molecule has 1 aromatic carbocycles. The van der Waals surface area contributed by atoms with Crippen molar-refractivity contribution in [3.8, 4) is 22.9 Å². The Morgan fingerprint density at radius 3 is 2.75 bits per heavy atom. The SMILES string of the molecule is CCc1nc(-c2cc(Br)c(O)c(OC)c2)[nH]c(=O)c1C. The second kappa shape index (κ2) is 5.66. The Bertz CT molecular complexity index is 710. The van der Waals surface area contributed by atoms with E-state index in [0.29, 0.717) is 33.6 Å². The van der Waals surface area contributed by atoms with E-state index < -0.39 is 0 Å². The summed E-state index contributed by atoms with van der Waals surface area (Å²) in [5.74, 6) is 0.786. The summed E-state index contributed by atoms with van der Waals surface area (Å²) in [6.45, 7) is 3.70. The molecule has 0 radical (unpaired) electrons. The van der Waals surface area contributed by atoms with Gasteiger partial charge in [0.05, 0.1) is 17.3 Å². The van der Waals surface area contributed by atoms with Gasteiger partial charge < -0.3 is 14.8 Å². The van der Waals surface area contributed by atoms with Crippen LogP contribution in [0.1, 0.15) is 18.2 Å². The number of rotatable bonds is 3. The third kappa shape index (κ3) is 2.56. The van der Waals surface area contributed by atoms with E-state index >= 15 is 0 Å². The maximum absolute atomic E-state index is 11.9. The van der Waals surface area contributed by atoms with Crippen LogP contribution in [0.2, 0.25) is 0 Å². The number of halogens is 1. The van der Waals surface area contributed by atoms with E-state index in [2.05, 4.69) is 25.9 Å². The highest BCUT2D eigenvalue weighted by atomic mass is 79.9. The molecule has 0 bridgehead atoms. The number of ether oxygens (including phenoxy) is 1. The van der Waals surface area contributed by atoms with Crippen LogP contribution in [0.3, 0.4) is 0 Å². The zero-order valence-electron chi connectivity index (χ0n) is 11.5. The van der Waals surface area contributed by atoms with E-state index in [-0.39, 0.29) is 11.3 Å². The number of benzene rings is 1. The van der Waals surface area contributed by atoms with Gasteiger partial charge in [-0.1, -0.05) is 6.92 Å². The molecule has 5 nitrogen and oxygen atoms in total. The maximum Gasteiger partial charge on any atom is 0.254 e. The molecule has 0 unspecified atom stereocenters. The number of hydrogen-bond acceptors (Lipinski definition) is 4. The van der Waals surface area contributed by atoms with E-state index in [0.717, 1.165) is 5.69 Å². The molecule has 6 heteroatoms. The van der Waals surface area contributed by atoms with Gasteiger partial charge in [0.2, 0.25) is 0 Å². The lowest BCUT2D eigenvalue weighted by Crippen LogP contribution is -2.15. The number of phenolic OH excluding ortho intramolecular Hbond substituents is 1. The number of phenols is 1. The van der Waals surface area contributed by atoms with Gasteiger partial charge in [-0.3, -0.25) is 4.79 Å². The highest BCUT2D eigenvalue weighted by Gasteiger charge is 2.13. The number of hydrogen-bond donors (Lipinski definition) is 2. The molecule has 2 N–H and O–H groups in total. The van der Waals surface area contributed by atoms with Gasteiger partial charge in [0.15, 0.2) is 11.5 Å². The van der Waals surface area contributed by atoms with Gasteiger partial charge in [0.1, 0.15) is 5.82 Å². The standard InChI is InChI=1S/C14H15BrN2O3/c1-4-10-7(2)14(19)17-13(16-10)8-5-9(15)12(18)11(6-8)20-3/h5-6,18H,4H2,1-3H3,(H,16,17,19). The second-order valence-corrected chi connectivity index (χ2v) is 5.20. The van der Waals surface area contributed by atoms with E-state index in [4.69, 9.17) is 4.74 Å². The van der Waals surface area contributed by atoms with Crippen molar-refractivity contribution in [2.75, 3.05) is 7.11 Å². The van der Waals surface area contributed by atoms with Crippen LogP contribution in [0.5, 0.6) is 11.5 Å². The number of nitrogens with one attached hydrogen (secondary N) is 1. The van der Waals surface area contributed by atoms with Crippen LogP contribution in [-0.4, -0.2) is 22.2 Å². The molecule has 0 saturated heterocycles. The summed E-state index contributed by atoms with van der Waals surface area (Å²) in [5.41, 5.74) is 1.89. The van der Waals surface area contributed by atoms with Crippen LogP contribution in [-0.2, 0) is 6.42 Å². The third-order valence-electron chi connectivity index (χ3n) is 3.11. The number of nitrogens with zero attached hydrogens (tertiary/aromatic N) is 1. The maximum atomic E-state index is 11.9. The van der Waals surface area contributed by atoms with E-state index in [9.17, 15) is 9.90 Å². The molecule has 20 heavy (non-hydrogen) atoms. The zero-order valence-corrected chi connectivity index (χ0v) is 13.0. The third-order valence-corrected chi connectivity index (χ3v) is 3.71. The average Bonchev–Trinajstić information content (AvgIpc) is 2.44. The molecule has 0 aliphatic rings. The van der Waals surface area contributed by atoms with Gasteiger partial charge in [0, 0.05) is 11.1 Å². The summed E-state index contributed by atoms with van der Waals surface area (Å²) in [6, 6.07) is 3.32. The first-order valence-corrected chi connectivity index (χ1v) is 6.93. The Morgan fingerprint density at radius 1 is 1.45 bits per heavy atom. The van der Waals surface area contributed by atoms with Crippen LogP contribution >= 0.6 is 15.9 Å². The summed E-state index contributed by atoms with van der Waals surface area (Å²) in [6.07, 6.45) is 0.680. The number of aryl methyl sites for hydroxylation is 1. The Kier molecular flexibility index (Phi) is 4.13. The summed E-state index contributed by atoms with van der Waals surface area (Å²) < 4.78 is 5.58. The summed E-state index contributed by atoms with van der Waals surface area (Å²) in [7, 11) is 1.47. The number of aromatic hydroxyl groups is 1. The smallest absolute Gasteiger partial charge is 0.254 e. The quantitative estimate of drug-likeness (QED) is 0.902. The van der Waals surface area contributed by atoms with Crippen molar-refractivity contribution in [2.24, 2.45) is 0 Å². The van der Waals surface area contributed by atoms with Crippen LogP contribution in [0.15, 0.2) is 21.4 Å². The van der Waals surface area contributed by atoms with Crippen LogP contribution in [0.25, 0.3) is 11.4 Å². The second-order valence-electron chi connectivity index (χ2n) is 4.35. The Hall–Kier alpha value is -1.82. The molecule has 0 saturated carbocycles. The lowest BCUT2D eigenvalue weighted by Gasteiger charge is -2.10. The molecule has 106 valence electrons. The Balaban J connectivity index is 2.66. The van der Waals surface area contributed by atoms with Crippen molar-refractivity contribution in [1.82, 2.24) is 9.97 Å². The Labute approximate surface area is 124 Å². The van der Waals surface area contributed by atoms with Gasteiger partial charge in [-0.25, -0.2) is 4.98 Å². The predicted molar refractivity (Wildman–Crippen MR) is 80.3 cm³/mol. The minimum atomic E-state index is -0.157. The molecule has 0 spiro atoms. The van der Waals surface area contributed by atoms with Crippen molar-refractivity contribution in [3.05, 3.63) is 38.2 Å². The fraction of sp³-hybridized carbons (Fsp3) is 0.286. The lowest BCUT2D eigenvalue weighted by atomic mass is 10.1. The number of methoxy groups -OCH3 is 1. The van der Waals surface area contributed by atoms with Crippen molar-refractivity contribution < 1.29 is 9.84 Å². The predicted octanol–water partition coefficient (Wildman–Crippen LogP) is 2.78. The summed E-state index contributed by atoms with van der Waals surface area (Å²) in [4.78, 5) is 19.1. The monoisotopic (exact) mass is 338 g/mol. The normalized spacial score (nSPS) is 10.6. The molecule has 1 heterocycles. The van der Waals surface area contributed by atoms with Gasteiger partial charge in [0.25, 0.3) is 5.56 Å². The topological polar surface area (TPSA) is 75.2 Å². The molecule has 2 rings (SSSR count). The molecule has 2 aromatic rings. The highest BCUT2D eigenvalue weighted by Crippen LogP contribution is 2.37. The minimum Gasteiger partial charge on any atom is -0.503 e. The fourth-order valence-electron chi connectivity index (χ4n) is 1.93. The van der Waals surface area contributed by atoms with Crippen LogP contribution in [0.4, 0.5) is 0 Å². The fourth-order valence-corrected chi connectivity index (χ4v) is 2.37. The molecule has 0 aliphatic carbocycles. The molecule has 0 atom stereocenters. The summed E-state index contributed by atoms with van der Waals surface area (Å²) in [5, 5.41) is 9.80. The van der Waals surface area contributed by atoms with E-state index in [1.54, 1.807) is 19.1 Å². The first-order valence-electron chi connectivity index (χ1n) is 6.14. The number of H-pyrrole nitrogens is 1. The Morgan fingerprint density at radius 2 is 2.15 bits per heavy atom. The first kappa shape index (κ1) is 14.6. The highest BCUT2D eigenvalue weighted by molar-refractivity contribution is 9.10. The summed E-state index contributed by atoms with van der Waals surface area (Å²) >= 11 is 3.25. The molecular formula is C14H15BrN2O3.